The maximum Gasteiger partial charge on any atom is 0.237 e. The van der Waals surface area contributed by atoms with Gasteiger partial charge >= 0.3 is 0 Å². The first kappa shape index (κ1) is 20.3. The number of piperidine rings is 2. The topological polar surface area (TPSA) is 49.4 Å². The van der Waals surface area contributed by atoms with E-state index in [1.165, 1.54) is 5.56 Å². The zero-order chi connectivity index (χ0) is 20.4. The molecule has 2 unspecified atom stereocenters. The largest absolute Gasteiger partial charge is 0.299 e. The SMILES string of the molecule is CC1CC(=O)NC(=O)C1(c1ccccc1)C1CCN(Cc2ccc(Br)cc2)CC1. The highest BCUT2D eigenvalue weighted by Crippen LogP contribution is 2.47. The number of amides is 2. The van der Waals surface area contributed by atoms with Gasteiger partial charge in [0.2, 0.25) is 11.8 Å². The Morgan fingerprint density at radius 1 is 1.03 bits per heavy atom. The van der Waals surface area contributed by atoms with E-state index in [0.29, 0.717) is 6.42 Å². The van der Waals surface area contributed by atoms with Crippen molar-refractivity contribution in [3.05, 3.63) is 70.2 Å². The molecule has 2 aliphatic heterocycles. The van der Waals surface area contributed by atoms with Crippen LogP contribution in [0.5, 0.6) is 0 Å². The molecule has 0 bridgehead atoms. The van der Waals surface area contributed by atoms with E-state index in [-0.39, 0.29) is 23.7 Å². The molecule has 1 N–H and O–H groups in total. The van der Waals surface area contributed by atoms with Crippen LogP contribution in [0, 0.1) is 11.8 Å². The van der Waals surface area contributed by atoms with E-state index in [1.54, 1.807) is 0 Å². The van der Waals surface area contributed by atoms with Gasteiger partial charge in [-0.15, -0.1) is 0 Å². The summed E-state index contributed by atoms with van der Waals surface area (Å²) in [6, 6.07) is 18.6. The van der Waals surface area contributed by atoms with Gasteiger partial charge in [-0.1, -0.05) is 65.3 Å². The zero-order valence-corrected chi connectivity index (χ0v) is 18.3. The van der Waals surface area contributed by atoms with Crippen molar-refractivity contribution in [3.63, 3.8) is 0 Å². The maximum atomic E-state index is 13.3. The van der Waals surface area contributed by atoms with Crippen molar-refractivity contribution in [1.29, 1.82) is 0 Å². The van der Waals surface area contributed by atoms with Crippen LogP contribution in [0.25, 0.3) is 0 Å². The third-order valence-corrected chi connectivity index (χ3v) is 7.23. The molecular formula is C24H27BrN2O2. The van der Waals surface area contributed by atoms with Crippen molar-refractivity contribution in [1.82, 2.24) is 10.2 Å². The second kappa shape index (κ2) is 8.41. The molecular weight excluding hydrogens is 428 g/mol. The molecule has 0 aromatic heterocycles. The van der Waals surface area contributed by atoms with Gasteiger partial charge in [-0.3, -0.25) is 19.8 Å². The van der Waals surface area contributed by atoms with Crippen molar-refractivity contribution in [2.75, 3.05) is 13.1 Å². The molecule has 0 radical (unpaired) electrons. The molecule has 152 valence electrons. The smallest absolute Gasteiger partial charge is 0.237 e. The highest BCUT2D eigenvalue weighted by atomic mass is 79.9. The Labute approximate surface area is 180 Å². The molecule has 2 aromatic rings. The molecule has 2 saturated heterocycles. The Kier molecular flexibility index (Phi) is 5.88. The molecule has 0 spiro atoms. The quantitative estimate of drug-likeness (QED) is 0.701. The highest BCUT2D eigenvalue weighted by Gasteiger charge is 2.54. The predicted molar refractivity (Wildman–Crippen MR) is 117 cm³/mol. The number of hydrogen-bond donors (Lipinski definition) is 1. The summed E-state index contributed by atoms with van der Waals surface area (Å²) in [6.07, 6.45) is 2.31. The number of nitrogens with zero attached hydrogens (tertiary/aromatic N) is 1. The van der Waals surface area contributed by atoms with Crippen LogP contribution >= 0.6 is 15.9 Å². The third-order valence-electron chi connectivity index (χ3n) is 6.70. The average Bonchev–Trinajstić information content (AvgIpc) is 2.71. The number of halogens is 1. The molecule has 29 heavy (non-hydrogen) atoms. The van der Waals surface area contributed by atoms with Crippen LogP contribution in [0.15, 0.2) is 59.1 Å². The molecule has 2 atom stereocenters. The Balaban J connectivity index is 1.55. The molecule has 0 aliphatic carbocycles. The third kappa shape index (κ3) is 3.90. The second-order valence-corrected chi connectivity index (χ2v) is 9.31. The second-order valence-electron chi connectivity index (χ2n) is 8.39. The van der Waals surface area contributed by atoms with Crippen LogP contribution < -0.4 is 5.32 Å². The van der Waals surface area contributed by atoms with Gasteiger partial charge in [-0.25, -0.2) is 0 Å². The lowest BCUT2D eigenvalue weighted by Gasteiger charge is -2.49. The molecule has 0 saturated carbocycles. The number of benzene rings is 2. The van der Waals surface area contributed by atoms with E-state index in [0.717, 1.165) is 42.5 Å². The molecule has 2 heterocycles. The van der Waals surface area contributed by atoms with Gasteiger partial charge < -0.3 is 0 Å². The fourth-order valence-electron chi connectivity index (χ4n) is 5.29. The van der Waals surface area contributed by atoms with Crippen molar-refractivity contribution in [2.45, 2.75) is 38.1 Å². The fraction of sp³-hybridized carbons (Fsp3) is 0.417. The minimum absolute atomic E-state index is 0.00539. The summed E-state index contributed by atoms with van der Waals surface area (Å²) in [5.74, 6) is -0.0381. The summed E-state index contributed by atoms with van der Waals surface area (Å²) in [7, 11) is 0. The summed E-state index contributed by atoms with van der Waals surface area (Å²) in [6.45, 7) is 4.92. The van der Waals surface area contributed by atoms with Gasteiger partial charge in [0.05, 0.1) is 5.41 Å². The standard InChI is InChI=1S/C24H27BrN2O2/c1-17-15-22(28)26-23(29)24(17,19-5-3-2-4-6-19)20-11-13-27(14-12-20)16-18-7-9-21(25)10-8-18/h2-10,17,20H,11-16H2,1H3,(H,26,28,29). The monoisotopic (exact) mass is 454 g/mol. The van der Waals surface area contributed by atoms with Gasteiger partial charge in [0.15, 0.2) is 0 Å². The van der Waals surface area contributed by atoms with Crippen molar-refractivity contribution >= 4 is 27.7 Å². The van der Waals surface area contributed by atoms with E-state index in [9.17, 15) is 9.59 Å². The van der Waals surface area contributed by atoms with E-state index in [2.05, 4.69) is 69.5 Å². The predicted octanol–water partition coefficient (Wildman–Crippen LogP) is 4.28. The number of carbonyl (C=O) groups is 2. The van der Waals surface area contributed by atoms with Crippen LogP contribution in [0.2, 0.25) is 0 Å². The van der Waals surface area contributed by atoms with Crippen molar-refractivity contribution < 1.29 is 9.59 Å². The first-order valence-corrected chi connectivity index (χ1v) is 11.2. The molecule has 2 aromatic carbocycles. The summed E-state index contributed by atoms with van der Waals surface area (Å²) in [4.78, 5) is 27.8. The van der Waals surface area contributed by atoms with Crippen LogP contribution in [-0.2, 0) is 21.5 Å². The van der Waals surface area contributed by atoms with Crippen LogP contribution in [0.4, 0.5) is 0 Å². The average molecular weight is 455 g/mol. The van der Waals surface area contributed by atoms with E-state index in [1.807, 2.05) is 18.2 Å². The van der Waals surface area contributed by atoms with Gasteiger partial charge in [0.25, 0.3) is 0 Å². The number of hydrogen-bond acceptors (Lipinski definition) is 3. The van der Waals surface area contributed by atoms with Crippen LogP contribution in [0.1, 0.15) is 37.3 Å². The number of carbonyl (C=O) groups excluding carboxylic acids is 2. The zero-order valence-electron chi connectivity index (χ0n) is 16.7. The summed E-state index contributed by atoms with van der Waals surface area (Å²) in [5, 5.41) is 2.66. The van der Waals surface area contributed by atoms with E-state index >= 15 is 0 Å². The number of imide groups is 1. The van der Waals surface area contributed by atoms with Gasteiger partial charge in [-0.2, -0.15) is 0 Å². The Morgan fingerprint density at radius 2 is 1.69 bits per heavy atom. The number of likely N-dealkylation sites (tertiary alicyclic amines) is 1. The minimum Gasteiger partial charge on any atom is -0.299 e. The van der Waals surface area contributed by atoms with Gasteiger partial charge in [0, 0.05) is 17.4 Å². The lowest BCUT2D eigenvalue weighted by molar-refractivity contribution is -0.144. The molecule has 4 nitrogen and oxygen atoms in total. The number of nitrogens with one attached hydrogen (secondary N) is 1. The van der Waals surface area contributed by atoms with Crippen LogP contribution in [0.3, 0.4) is 0 Å². The van der Waals surface area contributed by atoms with Gasteiger partial charge in [0.1, 0.15) is 0 Å². The summed E-state index contributed by atoms with van der Waals surface area (Å²) >= 11 is 3.49. The summed E-state index contributed by atoms with van der Waals surface area (Å²) < 4.78 is 1.09. The van der Waals surface area contributed by atoms with E-state index in [4.69, 9.17) is 0 Å². The first-order valence-electron chi connectivity index (χ1n) is 10.4. The lowest BCUT2D eigenvalue weighted by Crippen LogP contribution is -2.61. The fourth-order valence-corrected chi connectivity index (χ4v) is 5.56. The Morgan fingerprint density at radius 3 is 2.31 bits per heavy atom. The minimum atomic E-state index is -0.626. The summed E-state index contributed by atoms with van der Waals surface area (Å²) in [5.41, 5.74) is 1.72. The van der Waals surface area contributed by atoms with Crippen molar-refractivity contribution in [3.8, 4) is 0 Å². The highest BCUT2D eigenvalue weighted by molar-refractivity contribution is 9.10. The Bertz CT molecular complexity index is 876. The van der Waals surface area contributed by atoms with Crippen molar-refractivity contribution in [2.24, 2.45) is 11.8 Å². The molecule has 2 aliphatic rings. The lowest BCUT2D eigenvalue weighted by atomic mass is 9.57. The molecule has 5 heteroatoms. The molecule has 2 amide bonds. The van der Waals surface area contributed by atoms with Crippen LogP contribution in [-0.4, -0.2) is 29.8 Å². The normalized spacial score (nSPS) is 26.3. The molecule has 4 rings (SSSR count). The Hall–Kier alpha value is -1.98. The number of rotatable bonds is 4. The van der Waals surface area contributed by atoms with E-state index < -0.39 is 5.41 Å². The van der Waals surface area contributed by atoms with Gasteiger partial charge in [-0.05, 0) is 61.0 Å². The molecule has 2 fully saturated rings. The maximum absolute atomic E-state index is 13.3. The first-order chi connectivity index (χ1) is 14.0.